The van der Waals surface area contributed by atoms with Gasteiger partial charge in [-0.05, 0) is 22.8 Å². The third kappa shape index (κ3) is 4.16. The van der Waals surface area contributed by atoms with E-state index in [-0.39, 0.29) is 11.1 Å². The van der Waals surface area contributed by atoms with Gasteiger partial charge in [0.05, 0.1) is 21.5 Å². The summed E-state index contributed by atoms with van der Waals surface area (Å²) in [6.07, 6.45) is 2.20. The third-order valence-corrected chi connectivity index (χ3v) is 4.27. The number of benzene rings is 3. The van der Waals surface area contributed by atoms with Crippen LogP contribution in [0.15, 0.2) is 72.8 Å². The Kier molecular flexibility index (Phi) is 5.45. The maximum atomic E-state index is 11.6. The Morgan fingerprint density at radius 2 is 1.45 bits per heavy atom. The first-order chi connectivity index (χ1) is 13.9. The zero-order chi connectivity index (χ0) is 21.0. The molecule has 0 aromatic heterocycles. The van der Waals surface area contributed by atoms with Crippen LogP contribution in [0.3, 0.4) is 0 Å². The summed E-state index contributed by atoms with van der Waals surface area (Å²) in [5.41, 5.74) is 6.66. The van der Waals surface area contributed by atoms with Gasteiger partial charge in [-0.1, -0.05) is 54.6 Å². The van der Waals surface area contributed by atoms with E-state index >= 15 is 0 Å². The summed E-state index contributed by atoms with van der Waals surface area (Å²) >= 11 is 0. The van der Waals surface area contributed by atoms with Crippen LogP contribution in [-0.4, -0.2) is 15.8 Å². The Labute approximate surface area is 165 Å². The van der Waals surface area contributed by atoms with Crippen molar-refractivity contribution < 1.29 is 14.6 Å². The molecule has 3 aromatic rings. The second kappa shape index (κ2) is 8.13. The molecular formula is C21H15N3O5. The van der Waals surface area contributed by atoms with Crippen molar-refractivity contribution in [2.24, 2.45) is 5.73 Å². The second-order valence-electron chi connectivity index (χ2n) is 6.09. The molecule has 0 atom stereocenters. The summed E-state index contributed by atoms with van der Waals surface area (Å²) in [5.74, 6) is -0.792. The van der Waals surface area contributed by atoms with E-state index in [1.807, 2.05) is 36.4 Å². The number of nitro benzene ring substituents is 2. The molecular weight excluding hydrogens is 374 g/mol. The van der Waals surface area contributed by atoms with Crippen molar-refractivity contribution in [3.63, 3.8) is 0 Å². The number of carbonyl (C=O) groups excluding carboxylic acids is 1. The Bertz CT molecular complexity index is 1140. The van der Waals surface area contributed by atoms with Gasteiger partial charge in [0.15, 0.2) is 0 Å². The van der Waals surface area contributed by atoms with Gasteiger partial charge in [0, 0.05) is 17.7 Å². The fourth-order valence-corrected chi connectivity index (χ4v) is 3.03. The van der Waals surface area contributed by atoms with Crippen LogP contribution in [-0.2, 0) is 4.79 Å². The lowest BCUT2D eigenvalue weighted by molar-refractivity contribution is -0.394. The minimum Gasteiger partial charge on any atom is -0.366 e. The van der Waals surface area contributed by atoms with Gasteiger partial charge in [0.25, 0.3) is 11.4 Å². The summed E-state index contributed by atoms with van der Waals surface area (Å²) in [6.45, 7) is 0. The zero-order valence-electron chi connectivity index (χ0n) is 15.0. The van der Waals surface area contributed by atoms with Crippen molar-refractivity contribution in [2.75, 3.05) is 0 Å². The lowest BCUT2D eigenvalue weighted by Crippen LogP contribution is -2.05. The molecule has 0 saturated carbocycles. The molecule has 0 saturated heterocycles. The molecule has 0 radical (unpaired) electrons. The van der Waals surface area contributed by atoms with Gasteiger partial charge < -0.3 is 5.73 Å². The maximum Gasteiger partial charge on any atom is 0.284 e. The number of nitrogens with zero attached hydrogens (tertiary/aromatic N) is 2. The Morgan fingerprint density at radius 3 is 2.03 bits per heavy atom. The quantitative estimate of drug-likeness (QED) is 0.381. The maximum absolute atomic E-state index is 11.6. The predicted octanol–water partition coefficient (Wildman–Crippen LogP) is 4.34. The lowest BCUT2D eigenvalue weighted by Gasteiger charge is -2.13. The van der Waals surface area contributed by atoms with Crippen molar-refractivity contribution in [3.8, 4) is 22.3 Å². The molecule has 1 amide bonds. The van der Waals surface area contributed by atoms with Crippen molar-refractivity contribution >= 4 is 23.4 Å². The van der Waals surface area contributed by atoms with E-state index in [1.165, 1.54) is 12.1 Å². The first-order valence-electron chi connectivity index (χ1n) is 8.47. The molecule has 8 nitrogen and oxygen atoms in total. The van der Waals surface area contributed by atoms with Gasteiger partial charge in [-0.25, -0.2) is 0 Å². The van der Waals surface area contributed by atoms with E-state index in [9.17, 15) is 25.0 Å². The van der Waals surface area contributed by atoms with Gasteiger partial charge in [0.1, 0.15) is 0 Å². The van der Waals surface area contributed by atoms with Gasteiger partial charge >= 0.3 is 0 Å². The van der Waals surface area contributed by atoms with E-state index < -0.39 is 27.1 Å². The number of amides is 1. The highest BCUT2D eigenvalue weighted by Gasteiger charge is 2.24. The molecule has 29 heavy (non-hydrogen) atoms. The van der Waals surface area contributed by atoms with E-state index in [0.29, 0.717) is 5.56 Å². The molecule has 144 valence electrons. The molecule has 0 fully saturated rings. The third-order valence-electron chi connectivity index (χ3n) is 4.27. The van der Waals surface area contributed by atoms with Gasteiger partial charge in [-0.3, -0.25) is 25.0 Å². The standard InChI is InChI=1S/C21H15N3O5/c22-21(25)11-10-18-19(12-15(23(26)27)13-20(18)24(28)29)17-9-5-4-8-16(17)14-6-2-1-3-7-14/h1-13H,(H2,22,25). The number of nitro groups is 2. The number of hydrogen-bond donors (Lipinski definition) is 1. The summed E-state index contributed by atoms with van der Waals surface area (Å²) in [5, 5.41) is 23.0. The van der Waals surface area contributed by atoms with Gasteiger partial charge in [-0.2, -0.15) is 0 Å². The topological polar surface area (TPSA) is 129 Å². The lowest BCUT2D eigenvalue weighted by atomic mass is 9.90. The molecule has 3 aromatic carbocycles. The first-order valence-corrected chi connectivity index (χ1v) is 8.47. The number of rotatable bonds is 6. The number of primary amides is 1. The van der Waals surface area contributed by atoms with Gasteiger partial charge in [0.2, 0.25) is 5.91 Å². The highest BCUT2D eigenvalue weighted by molar-refractivity contribution is 5.96. The fourth-order valence-electron chi connectivity index (χ4n) is 3.03. The van der Waals surface area contributed by atoms with E-state index in [4.69, 9.17) is 5.73 Å². The van der Waals surface area contributed by atoms with Crippen molar-refractivity contribution in [2.45, 2.75) is 0 Å². The fraction of sp³-hybridized carbons (Fsp3) is 0. The van der Waals surface area contributed by atoms with E-state index in [1.54, 1.807) is 18.2 Å². The molecule has 0 spiro atoms. The van der Waals surface area contributed by atoms with Crippen LogP contribution in [0.25, 0.3) is 28.3 Å². The molecule has 0 aliphatic rings. The Hall–Kier alpha value is -4.33. The number of hydrogen-bond acceptors (Lipinski definition) is 5. The second-order valence-corrected chi connectivity index (χ2v) is 6.09. The van der Waals surface area contributed by atoms with E-state index in [0.717, 1.165) is 23.3 Å². The smallest absolute Gasteiger partial charge is 0.284 e. The summed E-state index contributed by atoms with van der Waals surface area (Å²) in [7, 11) is 0. The summed E-state index contributed by atoms with van der Waals surface area (Å²) in [4.78, 5) is 32.8. The number of carbonyl (C=O) groups is 1. The van der Waals surface area contributed by atoms with Crippen LogP contribution < -0.4 is 5.73 Å². The van der Waals surface area contributed by atoms with E-state index in [2.05, 4.69) is 0 Å². The van der Waals surface area contributed by atoms with Crippen LogP contribution in [0.2, 0.25) is 0 Å². The predicted molar refractivity (Wildman–Crippen MR) is 109 cm³/mol. The van der Waals surface area contributed by atoms with Gasteiger partial charge in [-0.15, -0.1) is 0 Å². The average Bonchev–Trinajstić information content (AvgIpc) is 2.72. The van der Waals surface area contributed by atoms with Crippen LogP contribution in [0.5, 0.6) is 0 Å². The highest BCUT2D eigenvalue weighted by atomic mass is 16.6. The van der Waals surface area contributed by atoms with Crippen molar-refractivity contribution in [1.82, 2.24) is 0 Å². The first kappa shape index (κ1) is 19.4. The molecule has 3 rings (SSSR count). The van der Waals surface area contributed by atoms with Crippen LogP contribution in [0, 0.1) is 20.2 Å². The van der Waals surface area contributed by atoms with Crippen molar-refractivity contribution in [1.29, 1.82) is 0 Å². The zero-order valence-corrected chi connectivity index (χ0v) is 15.0. The van der Waals surface area contributed by atoms with Crippen LogP contribution in [0.1, 0.15) is 5.56 Å². The molecule has 8 heteroatoms. The molecule has 0 aliphatic carbocycles. The average molecular weight is 389 g/mol. The Morgan fingerprint density at radius 1 is 0.828 bits per heavy atom. The Balaban J connectivity index is 2.39. The van der Waals surface area contributed by atoms with Crippen molar-refractivity contribution in [3.05, 3.63) is 98.6 Å². The van der Waals surface area contributed by atoms with Crippen LogP contribution in [0.4, 0.5) is 11.4 Å². The molecule has 0 heterocycles. The molecule has 0 unspecified atom stereocenters. The number of non-ortho nitro benzene ring substituents is 1. The largest absolute Gasteiger partial charge is 0.366 e. The normalized spacial score (nSPS) is 10.8. The summed E-state index contributed by atoms with van der Waals surface area (Å²) in [6, 6.07) is 18.5. The molecule has 0 bridgehead atoms. The highest BCUT2D eigenvalue weighted by Crippen LogP contribution is 2.40. The minimum absolute atomic E-state index is 0.0581. The molecule has 0 aliphatic heterocycles. The molecule has 2 N–H and O–H groups in total. The monoisotopic (exact) mass is 389 g/mol. The minimum atomic E-state index is -0.792. The summed E-state index contributed by atoms with van der Waals surface area (Å²) < 4.78 is 0. The van der Waals surface area contributed by atoms with Crippen LogP contribution >= 0.6 is 0 Å². The number of nitrogens with two attached hydrogens (primary N) is 1. The SMILES string of the molecule is NC(=O)C=Cc1c(-c2ccccc2-c2ccccc2)cc([N+](=O)[O-])cc1[N+](=O)[O-].